The van der Waals surface area contributed by atoms with Crippen LogP contribution in [0.2, 0.25) is 0 Å². The molecule has 5 nitrogen and oxygen atoms in total. The van der Waals surface area contributed by atoms with Crippen LogP contribution in [0.1, 0.15) is 34.2 Å². The highest BCUT2D eigenvalue weighted by Gasteiger charge is 2.40. The highest BCUT2D eigenvalue weighted by Crippen LogP contribution is 2.29. The molecular weight excluding hydrogens is 450 g/mol. The first-order valence-electron chi connectivity index (χ1n) is 12.4. The zero-order chi connectivity index (χ0) is 25.5. The Bertz CT molecular complexity index is 1180. The Kier molecular flexibility index (Phi) is 8.21. The Balaban J connectivity index is 1.49. The van der Waals surface area contributed by atoms with Crippen LogP contribution in [0.15, 0.2) is 85.5 Å². The number of cyclic esters (lactones) is 1. The molecule has 0 aromatic heterocycles. The molecule has 186 valence electrons. The zero-order valence-electron chi connectivity index (χ0n) is 21.0. The summed E-state index contributed by atoms with van der Waals surface area (Å²) < 4.78 is 11.3. The first-order valence-corrected chi connectivity index (χ1v) is 12.4. The van der Waals surface area contributed by atoms with E-state index < -0.39 is 12.0 Å². The lowest BCUT2D eigenvalue weighted by Gasteiger charge is -2.25. The average Bonchev–Trinajstić information content (AvgIpc) is 3.24. The van der Waals surface area contributed by atoms with Gasteiger partial charge in [0.15, 0.2) is 0 Å². The van der Waals surface area contributed by atoms with E-state index in [1.807, 2.05) is 86.6 Å². The van der Waals surface area contributed by atoms with Gasteiger partial charge in [0.05, 0.1) is 6.04 Å². The molecule has 2 atom stereocenters. The minimum Gasteiger partial charge on any atom is -0.489 e. The van der Waals surface area contributed by atoms with Gasteiger partial charge in [-0.3, -0.25) is 4.79 Å². The fraction of sp³-hybridized carbons (Fsp3) is 0.290. The topological polar surface area (TPSA) is 55.8 Å². The minimum atomic E-state index is -0.562. The Labute approximate surface area is 213 Å². The molecule has 0 unspecified atom stereocenters. The third-order valence-corrected chi connectivity index (χ3v) is 6.68. The van der Waals surface area contributed by atoms with E-state index >= 15 is 0 Å². The van der Waals surface area contributed by atoms with Crippen molar-refractivity contribution in [1.82, 2.24) is 4.90 Å². The number of amides is 2. The first kappa shape index (κ1) is 25.2. The number of benzene rings is 3. The summed E-state index contributed by atoms with van der Waals surface area (Å²) >= 11 is 0. The molecule has 1 heterocycles. The number of carbonyl (C=O) groups is 2. The Hall–Kier alpha value is -3.86. The number of rotatable bonds is 10. The van der Waals surface area contributed by atoms with Gasteiger partial charge in [-0.15, -0.1) is 6.58 Å². The number of carbonyl (C=O) groups excluding carboxylic acids is 2. The summed E-state index contributed by atoms with van der Waals surface area (Å²) in [5.74, 6) is 0.191. The predicted octanol–water partition coefficient (Wildman–Crippen LogP) is 6.21. The van der Waals surface area contributed by atoms with Crippen molar-refractivity contribution < 1.29 is 19.1 Å². The lowest BCUT2D eigenvalue weighted by Crippen LogP contribution is -2.44. The zero-order valence-corrected chi connectivity index (χ0v) is 21.0. The number of allylic oxidation sites excluding steroid dienone is 1. The van der Waals surface area contributed by atoms with Crippen molar-refractivity contribution in [2.45, 2.75) is 45.8 Å². The van der Waals surface area contributed by atoms with E-state index in [4.69, 9.17) is 9.47 Å². The number of hydrogen-bond acceptors (Lipinski definition) is 4. The second-order valence-corrected chi connectivity index (χ2v) is 9.36. The van der Waals surface area contributed by atoms with Crippen molar-refractivity contribution in [3.8, 4) is 5.75 Å². The normalized spacial score (nSPS) is 15.9. The van der Waals surface area contributed by atoms with Gasteiger partial charge in [0.25, 0.3) is 0 Å². The predicted molar refractivity (Wildman–Crippen MR) is 141 cm³/mol. The van der Waals surface area contributed by atoms with Crippen LogP contribution in [0.25, 0.3) is 0 Å². The van der Waals surface area contributed by atoms with Crippen LogP contribution >= 0.6 is 0 Å². The van der Waals surface area contributed by atoms with E-state index in [0.29, 0.717) is 25.9 Å². The molecule has 1 aliphatic rings. The molecule has 0 bridgehead atoms. The lowest BCUT2D eigenvalue weighted by molar-refractivity contribution is -0.133. The SMILES string of the molecule is C=CC[C@@H](Cc1c(C)cc(OCc2ccccc2)cc1C)C(=O)N1C(=O)OC[C@H]1Cc1ccccc1. The van der Waals surface area contributed by atoms with Crippen molar-refractivity contribution in [2.24, 2.45) is 5.92 Å². The summed E-state index contributed by atoms with van der Waals surface area (Å²) in [5.41, 5.74) is 5.39. The second-order valence-electron chi connectivity index (χ2n) is 9.36. The van der Waals surface area contributed by atoms with Crippen LogP contribution < -0.4 is 4.74 Å². The third-order valence-electron chi connectivity index (χ3n) is 6.68. The van der Waals surface area contributed by atoms with Crippen LogP contribution in [0.4, 0.5) is 4.79 Å². The van der Waals surface area contributed by atoms with Crippen molar-refractivity contribution in [2.75, 3.05) is 6.61 Å². The number of imide groups is 1. The molecule has 0 N–H and O–H groups in total. The van der Waals surface area contributed by atoms with Gasteiger partial charge in [0.2, 0.25) is 5.91 Å². The van der Waals surface area contributed by atoms with Crippen molar-refractivity contribution in [3.63, 3.8) is 0 Å². The van der Waals surface area contributed by atoms with Crippen LogP contribution in [-0.2, 0) is 29.0 Å². The van der Waals surface area contributed by atoms with Crippen LogP contribution in [0.5, 0.6) is 5.75 Å². The summed E-state index contributed by atoms with van der Waals surface area (Å²) in [6, 6.07) is 23.6. The van der Waals surface area contributed by atoms with Crippen LogP contribution in [-0.4, -0.2) is 29.5 Å². The van der Waals surface area contributed by atoms with Gasteiger partial charge in [-0.2, -0.15) is 0 Å². The quantitative estimate of drug-likeness (QED) is 0.322. The maximum absolute atomic E-state index is 13.7. The third kappa shape index (κ3) is 6.03. The highest BCUT2D eigenvalue weighted by molar-refractivity contribution is 5.95. The molecule has 0 radical (unpaired) electrons. The summed E-state index contributed by atoms with van der Waals surface area (Å²) in [4.78, 5) is 27.6. The average molecular weight is 484 g/mol. The van der Waals surface area contributed by atoms with E-state index in [-0.39, 0.29) is 18.6 Å². The standard InChI is InChI=1S/C31H33NO4/c1-4-11-26(30(33)32-27(21-36-31(32)34)18-24-12-7-5-8-13-24)19-29-22(2)16-28(17-23(29)3)35-20-25-14-9-6-10-15-25/h4-10,12-17,26-27H,1,11,18-21H2,2-3H3/t26-,27+/m0/s1. The van der Waals surface area contributed by atoms with Crippen LogP contribution in [0.3, 0.4) is 0 Å². The number of ether oxygens (including phenoxy) is 2. The monoisotopic (exact) mass is 483 g/mol. The van der Waals surface area contributed by atoms with E-state index in [1.54, 1.807) is 6.08 Å². The summed E-state index contributed by atoms with van der Waals surface area (Å²) in [6.45, 7) is 8.65. The molecular formula is C31H33NO4. The molecule has 1 saturated heterocycles. The van der Waals surface area contributed by atoms with E-state index in [0.717, 1.165) is 33.6 Å². The maximum Gasteiger partial charge on any atom is 0.416 e. The fourth-order valence-electron chi connectivity index (χ4n) is 4.78. The molecule has 36 heavy (non-hydrogen) atoms. The summed E-state index contributed by atoms with van der Waals surface area (Å²) in [5, 5.41) is 0. The molecule has 0 spiro atoms. The fourth-order valence-corrected chi connectivity index (χ4v) is 4.78. The Morgan fingerprint density at radius 3 is 2.28 bits per heavy atom. The molecule has 1 aliphatic heterocycles. The maximum atomic E-state index is 13.7. The molecule has 2 amide bonds. The van der Waals surface area contributed by atoms with E-state index in [9.17, 15) is 9.59 Å². The Morgan fingerprint density at radius 2 is 1.67 bits per heavy atom. The summed E-state index contributed by atoms with van der Waals surface area (Å²) in [7, 11) is 0. The largest absolute Gasteiger partial charge is 0.489 e. The van der Waals surface area contributed by atoms with Gasteiger partial charge in [-0.25, -0.2) is 9.69 Å². The number of nitrogens with zero attached hydrogens (tertiary/aromatic N) is 1. The van der Waals surface area contributed by atoms with E-state index in [1.165, 1.54) is 4.90 Å². The van der Waals surface area contributed by atoms with Gasteiger partial charge in [0, 0.05) is 5.92 Å². The number of hydrogen-bond donors (Lipinski definition) is 0. The van der Waals surface area contributed by atoms with Gasteiger partial charge in [-0.1, -0.05) is 66.7 Å². The molecule has 1 fully saturated rings. The van der Waals surface area contributed by atoms with E-state index in [2.05, 4.69) is 6.58 Å². The van der Waals surface area contributed by atoms with Gasteiger partial charge in [-0.05, 0) is 73.1 Å². The van der Waals surface area contributed by atoms with Crippen molar-refractivity contribution >= 4 is 12.0 Å². The van der Waals surface area contributed by atoms with Gasteiger partial charge >= 0.3 is 6.09 Å². The molecule has 0 saturated carbocycles. The van der Waals surface area contributed by atoms with Gasteiger partial charge < -0.3 is 9.47 Å². The molecule has 3 aromatic rings. The smallest absolute Gasteiger partial charge is 0.416 e. The van der Waals surface area contributed by atoms with Crippen molar-refractivity contribution in [3.05, 3.63) is 113 Å². The minimum absolute atomic E-state index is 0.207. The Morgan fingerprint density at radius 1 is 1.06 bits per heavy atom. The number of aryl methyl sites for hydroxylation is 2. The second kappa shape index (κ2) is 11.7. The first-order chi connectivity index (χ1) is 17.5. The molecule has 3 aromatic carbocycles. The molecule has 4 rings (SSSR count). The molecule has 0 aliphatic carbocycles. The van der Waals surface area contributed by atoms with Crippen LogP contribution in [0, 0.1) is 19.8 Å². The lowest BCUT2D eigenvalue weighted by atomic mass is 9.89. The summed E-state index contributed by atoms with van der Waals surface area (Å²) in [6.07, 6.45) is 2.76. The van der Waals surface area contributed by atoms with Gasteiger partial charge in [0.1, 0.15) is 19.0 Å². The highest BCUT2D eigenvalue weighted by atomic mass is 16.6. The van der Waals surface area contributed by atoms with Crippen molar-refractivity contribution in [1.29, 1.82) is 0 Å². The molecule has 5 heteroatoms.